The Morgan fingerprint density at radius 1 is 1.45 bits per heavy atom. The number of aryl methyl sites for hydroxylation is 1. The van der Waals surface area contributed by atoms with E-state index in [0.29, 0.717) is 0 Å². The lowest BCUT2D eigenvalue weighted by molar-refractivity contribution is -0.138. The van der Waals surface area contributed by atoms with Crippen LogP contribution in [0.5, 0.6) is 0 Å². The van der Waals surface area contributed by atoms with Crippen LogP contribution in [0, 0.1) is 6.92 Å². The van der Waals surface area contributed by atoms with Crippen molar-refractivity contribution in [3.8, 4) is 0 Å². The van der Waals surface area contributed by atoms with Crippen molar-refractivity contribution >= 4 is 16.9 Å². The molecule has 1 aliphatic heterocycles. The Kier molecular flexibility index (Phi) is 3.49. The third-order valence-electron chi connectivity index (χ3n) is 4.17. The predicted octanol–water partition coefficient (Wildman–Crippen LogP) is 3.18. The van der Waals surface area contributed by atoms with Crippen LogP contribution in [0.3, 0.4) is 0 Å². The molecule has 0 aliphatic carbocycles. The van der Waals surface area contributed by atoms with Gasteiger partial charge < -0.3 is 9.52 Å². The van der Waals surface area contributed by atoms with Crippen molar-refractivity contribution in [3.05, 3.63) is 35.6 Å². The molecule has 2 heterocycles. The highest BCUT2D eigenvalue weighted by Gasteiger charge is 2.27. The Bertz CT molecular complexity index is 632. The molecule has 0 amide bonds. The number of benzene rings is 1. The summed E-state index contributed by atoms with van der Waals surface area (Å²) in [6.07, 6.45) is 2.28. The first kappa shape index (κ1) is 13.2. The van der Waals surface area contributed by atoms with Gasteiger partial charge in [-0.3, -0.25) is 9.69 Å². The average molecular weight is 273 g/mol. The van der Waals surface area contributed by atoms with E-state index < -0.39 is 5.97 Å². The monoisotopic (exact) mass is 273 g/mol. The summed E-state index contributed by atoms with van der Waals surface area (Å²) < 4.78 is 5.78. The van der Waals surface area contributed by atoms with Gasteiger partial charge in [-0.05, 0) is 32.4 Å². The maximum absolute atomic E-state index is 10.9. The zero-order valence-corrected chi connectivity index (χ0v) is 11.6. The number of likely N-dealkylation sites (tertiary alicyclic amines) is 1. The van der Waals surface area contributed by atoms with Gasteiger partial charge in [0.25, 0.3) is 0 Å². The number of rotatable bonds is 4. The molecule has 3 rings (SSSR count). The fourth-order valence-electron chi connectivity index (χ4n) is 3.16. The van der Waals surface area contributed by atoms with E-state index in [4.69, 9.17) is 9.52 Å². The first-order valence-corrected chi connectivity index (χ1v) is 7.08. The van der Waals surface area contributed by atoms with Gasteiger partial charge in [-0.2, -0.15) is 0 Å². The van der Waals surface area contributed by atoms with Crippen molar-refractivity contribution in [2.75, 3.05) is 6.54 Å². The van der Waals surface area contributed by atoms with Gasteiger partial charge in [0, 0.05) is 23.5 Å². The van der Waals surface area contributed by atoms with Gasteiger partial charge >= 0.3 is 5.97 Å². The number of fused-ring (bicyclic) bond motifs is 1. The van der Waals surface area contributed by atoms with Crippen LogP contribution in [0.15, 0.2) is 28.7 Å². The van der Waals surface area contributed by atoms with Crippen molar-refractivity contribution in [2.45, 2.75) is 38.8 Å². The molecule has 4 heteroatoms. The highest BCUT2D eigenvalue weighted by Crippen LogP contribution is 2.29. The molecule has 0 radical (unpaired) electrons. The maximum atomic E-state index is 10.9. The molecule has 0 bridgehead atoms. The summed E-state index contributed by atoms with van der Waals surface area (Å²) in [7, 11) is 0. The molecule has 0 spiro atoms. The molecule has 20 heavy (non-hydrogen) atoms. The summed E-state index contributed by atoms with van der Waals surface area (Å²) in [6.45, 7) is 3.73. The number of carboxylic acids is 1. The second-order valence-corrected chi connectivity index (χ2v) is 5.50. The number of para-hydroxylation sites is 1. The van der Waals surface area contributed by atoms with E-state index in [1.165, 1.54) is 5.56 Å². The number of carbonyl (C=O) groups is 1. The first-order valence-electron chi connectivity index (χ1n) is 7.08. The van der Waals surface area contributed by atoms with Gasteiger partial charge in [0.2, 0.25) is 0 Å². The molecule has 2 aromatic rings. The van der Waals surface area contributed by atoms with Crippen LogP contribution < -0.4 is 0 Å². The minimum absolute atomic E-state index is 0.153. The Balaban J connectivity index is 1.85. The summed E-state index contributed by atoms with van der Waals surface area (Å²) in [5.74, 6) is 0.225. The van der Waals surface area contributed by atoms with E-state index >= 15 is 0 Å². The van der Waals surface area contributed by atoms with E-state index in [2.05, 4.69) is 11.0 Å². The molecule has 1 aliphatic rings. The Labute approximate surface area is 118 Å². The van der Waals surface area contributed by atoms with Crippen LogP contribution in [0.2, 0.25) is 0 Å². The van der Waals surface area contributed by atoms with Crippen LogP contribution in [0.1, 0.15) is 30.6 Å². The van der Waals surface area contributed by atoms with Crippen molar-refractivity contribution in [3.63, 3.8) is 0 Å². The van der Waals surface area contributed by atoms with Crippen LogP contribution in [0.4, 0.5) is 0 Å². The summed E-state index contributed by atoms with van der Waals surface area (Å²) in [5, 5.41) is 10.1. The van der Waals surface area contributed by atoms with Crippen molar-refractivity contribution in [1.82, 2.24) is 4.90 Å². The molecule has 0 saturated carbocycles. The van der Waals surface area contributed by atoms with Crippen LogP contribution >= 0.6 is 0 Å². The molecule has 4 nitrogen and oxygen atoms in total. The van der Waals surface area contributed by atoms with Crippen molar-refractivity contribution in [2.24, 2.45) is 0 Å². The van der Waals surface area contributed by atoms with Gasteiger partial charge in [-0.25, -0.2) is 0 Å². The number of furan rings is 1. The number of nitrogens with zero attached hydrogens (tertiary/aromatic N) is 1. The largest absolute Gasteiger partial charge is 0.481 e. The van der Waals surface area contributed by atoms with Crippen LogP contribution in [-0.2, 0) is 11.3 Å². The fourth-order valence-corrected chi connectivity index (χ4v) is 3.16. The van der Waals surface area contributed by atoms with E-state index in [0.717, 1.165) is 42.7 Å². The van der Waals surface area contributed by atoms with E-state index in [9.17, 15) is 4.79 Å². The maximum Gasteiger partial charge on any atom is 0.304 e. The standard InChI is InChI=1S/C16H19NO3/c1-11-14(13-6-2-3-7-15(13)20-11)10-17-8-4-5-12(17)9-16(18)19/h2-3,6-7,12H,4-5,8-10H2,1H3,(H,18,19). The molecule has 1 atom stereocenters. The second kappa shape index (κ2) is 5.29. The predicted molar refractivity (Wildman–Crippen MR) is 76.6 cm³/mol. The lowest BCUT2D eigenvalue weighted by Gasteiger charge is -2.22. The van der Waals surface area contributed by atoms with E-state index in [-0.39, 0.29) is 12.5 Å². The zero-order valence-electron chi connectivity index (χ0n) is 11.6. The van der Waals surface area contributed by atoms with E-state index in [1.807, 2.05) is 25.1 Å². The molecule has 1 saturated heterocycles. The molecule has 1 fully saturated rings. The molecule has 1 unspecified atom stereocenters. The second-order valence-electron chi connectivity index (χ2n) is 5.50. The SMILES string of the molecule is Cc1oc2ccccc2c1CN1CCCC1CC(=O)O. The summed E-state index contributed by atoms with van der Waals surface area (Å²) in [4.78, 5) is 13.2. The normalized spacial score (nSPS) is 19.8. The third kappa shape index (κ3) is 2.43. The molecular formula is C16H19NO3. The Hall–Kier alpha value is -1.81. The summed E-state index contributed by atoms with van der Waals surface area (Å²) >= 11 is 0. The van der Waals surface area contributed by atoms with E-state index in [1.54, 1.807) is 0 Å². The summed E-state index contributed by atoms with van der Waals surface area (Å²) in [5.41, 5.74) is 2.10. The number of hydrogen-bond acceptors (Lipinski definition) is 3. The number of aliphatic carboxylic acids is 1. The van der Waals surface area contributed by atoms with Crippen molar-refractivity contribution in [1.29, 1.82) is 0 Å². The fraction of sp³-hybridized carbons (Fsp3) is 0.438. The minimum atomic E-state index is -0.712. The Morgan fingerprint density at radius 3 is 3.05 bits per heavy atom. The molecular weight excluding hydrogens is 254 g/mol. The van der Waals surface area contributed by atoms with Gasteiger partial charge in [0.1, 0.15) is 11.3 Å². The van der Waals surface area contributed by atoms with Gasteiger partial charge in [-0.15, -0.1) is 0 Å². The first-order chi connectivity index (χ1) is 9.65. The summed E-state index contributed by atoms with van der Waals surface area (Å²) in [6, 6.07) is 8.19. The number of carboxylic acid groups (broad SMARTS) is 1. The quantitative estimate of drug-likeness (QED) is 0.929. The van der Waals surface area contributed by atoms with Gasteiger partial charge in [-0.1, -0.05) is 18.2 Å². The minimum Gasteiger partial charge on any atom is -0.481 e. The van der Waals surface area contributed by atoms with Crippen LogP contribution in [-0.4, -0.2) is 28.6 Å². The smallest absolute Gasteiger partial charge is 0.304 e. The van der Waals surface area contributed by atoms with Crippen molar-refractivity contribution < 1.29 is 14.3 Å². The molecule has 106 valence electrons. The highest BCUT2D eigenvalue weighted by molar-refractivity contribution is 5.82. The molecule has 1 aromatic carbocycles. The Morgan fingerprint density at radius 2 is 2.25 bits per heavy atom. The lowest BCUT2D eigenvalue weighted by Crippen LogP contribution is -2.31. The zero-order chi connectivity index (χ0) is 14.1. The van der Waals surface area contributed by atoms with Crippen LogP contribution in [0.25, 0.3) is 11.0 Å². The van der Waals surface area contributed by atoms with Gasteiger partial charge in [0.15, 0.2) is 0 Å². The van der Waals surface area contributed by atoms with Gasteiger partial charge in [0.05, 0.1) is 6.42 Å². The molecule has 1 N–H and O–H groups in total. The third-order valence-corrected chi connectivity index (χ3v) is 4.17. The number of hydrogen-bond donors (Lipinski definition) is 1. The average Bonchev–Trinajstić information content (AvgIpc) is 2.95. The topological polar surface area (TPSA) is 53.7 Å². The lowest BCUT2D eigenvalue weighted by atomic mass is 10.1. The molecule has 1 aromatic heterocycles. The highest BCUT2D eigenvalue weighted by atomic mass is 16.4.